The summed E-state index contributed by atoms with van der Waals surface area (Å²) in [5, 5.41) is 23.7. The van der Waals surface area contributed by atoms with Gasteiger partial charge in [0.15, 0.2) is 0 Å². The lowest BCUT2D eigenvalue weighted by molar-refractivity contribution is -0.151. The van der Waals surface area contributed by atoms with E-state index in [1.165, 1.54) is 116 Å². The van der Waals surface area contributed by atoms with Crippen LogP contribution in [0.4, 0.5) is 0 Å². The smallest absolute Gasteiger partial charge is 0.306 e. The molecule has 62 heavy (non-hydrogen) atoms. The van der Waals surface area contributed by atoms with Gasteiger partial charge in [-0.2, -0.15) is 0 Å². The van der Waals surface area contributed by atoms with Crippen molar-refractivity contribution in [3.8, 4) is 0 Å². The Morgan fingerprint density at radius 2 is 0.839 bits per heavy atom. The van der Waals surface area contributed by atoms with Crippen molar-refractivity contribution in [3.05, 3.63) is 72.9 Å². The first-order valence-corrected chi connectivity index (χ1v) is 26.2. The maximum Gasteiger partial charge on any atom is 0.306 e. The van der Waals surface area contributed by atoms with Crippen molar-refractivity contribution in [1.29, 1.82) is 0 Å². The van der Waals surface area contributed by atoms with Crippen LogP contribution in [0.25, 0.3) is 0 Å². The van der Waals surface area contributed by atoms with Crippen LogP contribution in [0.15, 0.2) is 72.9 Å². The average molecular weight is 866 g/mol. The molecule has 1 amide bonds. The molecule has 0 bridgehead atoms. The number of nitrogens with one attached hydrogen (secondary N) is 1. The monoisotopic (exact) mass is 866 g/mol. The number of allylic oxidation sites excluding steroid dienone is 12. The number of unbranched alkanes of at least 4 members (excludes halogenated alkanes) is 22. The first kappa shape index (κ1) is 59.3. The van der Waals surface area contributed by atoms with E-state index in [1.54, 1.807) is 0 Å². The standard InChI is InChI=1S/C56H99NO5/c1-4-7-10-13-16-19-21-23-25-27-29-31-33-36-38-41-44-47-52(50-55(60)57-53(51-58)54(59)48-45-42-39-35-18-15-12-9-6-3)62-56(61)49-46-43-40-37-34-32-30-28-26-24-22-20-17-14-11-8-5-2/h16-17,19-20,23-26,29,31,36,38,52-54,58-59H,4-15,18,21-22,27-28,30,32-35,37,39-51H2,1-3H3,(H,57,60)/b19-16-,20-17-,25-23-,26-24-,31-29-,38-36-. The van der Waals surface area contributed by atoms with Crippen LogP contribution in [0, 0.1) is 0 Å². The maximum absolute atomic E-state index is 13.2. The zero-order valence-electron chi connectivity index (χ0n) is 40.7. The highest BCUT2D eigenvalue weighted by molar-refractivity contribution is 5.77. The minimum Gasteiger partial charge on any atom is -0.462 e. The molecule has 0 aliphatic heterocycles. The van der Waals surface area contributed by atoms with Gasteiger partial charge >= 0.3 is 5.97 Å². The number of hydrogen-bond acceptors (Lipinski definition) is 5. The lowest BCUT2D eigenvalue weighted by atomic mass is 10.0. The molecule has 0 aliphatic carbocycles. The van der Waals surface area contributed by atoms with Gasteiger partial charge in [0.05, 0.1) is 25.2 Å². The third-order valence-electron chi connectivity index (χ3n) is 11.5. The van der Waals surface area contributed by atoms with E-state index in [0.717, 1.165) is 83.5 Å². The second-order valence-electron chi connectivity index (χ2n) is 17.6. The van der Waals surface area contributed by atoms with Gasteiger partial charge < -0.3 is 20.3 Å². The van der Waals surface area contributed by atoms with E-state index in [2.05, 4.69) is 99.0 Å². The predicted octanol–water partition coefficient (Wildman–Crippen LogP) is 15.8. The van der Waals surface area contributed by atoms with Crippen molar-refractivity contribution >= 4 is 11.9 Å². The lowest BCUT2D eigenvalue weighted by Crippen LogP contribution is -2.46. The van der Waals surface area contributed by atoms with E-state index >= 15 is 0 Å². The third kappa shape index (κ3) is 43.9. The number of amides is 1. The highest BCUT2D eigenvalue weighted by atomic mass is 16.5. The summed E-state index contributed by atoms with van der Waals surface area (Å²) in [5.74, 6) is -0.539. The number of carbonyl (C=O) groups is 2. The van der Waals surface area contributed by atoms with Gasteiger partial charge in [0.2, 0.25) is 5.91 Å². The van der Waals surface area contributed by atoms with Gasteiger partial charge in [-0.05, 0) is 96.3 Å². The minimum atomic E-state index is -0.804. The van der Waals surface area contributed by atoms with Crippen molar-refractivity contribution in [2.75, 3.05) is 6.61 Å². The zero-order chi connectivity index (χ0) is 45.2. The normalized spacial score (nSPS) is 13.8. The van der Waals surface area contributed by atoms with Crippen LogP contribution in [-0.4, -0.2) is 46.9 Å². The summed E-state index contributed by atoms with van der Waals surface area (Å²) in [7, 11) is 0. The summed E-state index contributed by atoms with van der Waals surface area (Å²) in [6.45, 7) is 6.39. The van der Waals surface area contributed by atoms with Gasteiger partial charge in [-0.25, -0.2) is 0 Å². The Labute approximate surface area is 383 Å². The summed E-state index contributed by atoms with van der Waals surface area (Å²) in [6.07, 6.45) is 62.5. The molecule has 0 aromatic carbocycles. The van der Waals surface area contributed by atoms with Gasteiger partial charge in [0.25, 0.3) is 0 Å². The highest BCUT2D eigenvalue weighted by Gasteiger charge is 2.24. The van der Waals surface area contributed by atoms with Crippen molar-refractivity contribution in [3.63, 3.8) is 0 Å². The SMILES string of the molecule is CCCCC/C=C\C/C=C\C/C=C\C/C=C\CCCC(CC(=O)NC(CO)C(O)CCCCCCCCCCC)OC(=O)CCCCCCCCC/C=C\C/C=C\CCCCC. The fourth-order valence-corrected chi connectivity index (χ4v) is 7.51. The first-order valence-electron chi connectivity index (χ1n) is 26.2. The topological polar surface area (TPSA) is 95.9 Å². The number of rotatable bonds is 46. The number of ether oxygens (including phenoxy) is 1. The van der Waals surface area contributed by atoms with Crippen molar-refractivity contribution in [2.45, 2.75) is 264 Å². The second kappa shape index (κ2) is 49.3. The molecule has 0 aliphatic rings. The molecule has 0 aromatic rings. The molecule has 6 heteroatoms. The van der Waals surface area contributed by atoms with Crippen LogP contribution < -0.4 is 5.32 Å². The Morgan fingerprint density at radius 1 is 0.468 bits per heavy atom. The molecular weight excluding hydrogens is 767 g/mol. The molecule has 0 radical (unpaired) electrons. The maximum atomic E-state index is 13.2. The van der Waals surface area contributed by atoms with Crippen LogP contribution in [-0.2, 0) is 14.3 Å². The van der Waals surface area contributed by atoms with Crippen LogP contribution >= 0.6 is 0 Å². The summed E-state index contributed by atoms with van der Waals surface area (Å²) in [5.41, 5.74) is 0. The van der Waals surface area contributed by atoms with Gasteiger partial charge in [-0.1, -0.05) is 209 Å². The van der Waals surface area contributed by atoms with Crippen LogP contribution in [0.1, 0.15) is 245 Å². The summed E-state index contributed by atoms with van der Waals surface area (Å²) in [6, 6.07) is -0.722. The van der Waals surface area contributed by atoms with Crippen molar-refractivity contribution < 1.29 is 24.5 Å². The Morgan fingerprint density at radius 3 is 1.31 bits per heavy atom. The lowest BCUT2D eigenvalue weighted by Gasteiger charge is -2.24. The molecule has 3 N–H and O–H groups in total. The molecule has 0 spiro atoms. The Kier molecular flexibility index (Phi) is 47.2. The fourth-order valence-electron chi connectivity index (χ4n) is 7.51. The van der Waals surface area contributed by atoms with E-state index < -0.39 is 18.2 Å². The van der Waals surface area contributed by atoms with E-state index in [9.17, 15) is 19.8 Å². The Bertz CT molecular complexity index is 1150. The number of hydrogen-bond donors (Lipinski definition) is 3. The summed E-state index contributed by atoms with van der Waals surface area (Å²) in [4.78, 5) is 26.1. The minimum absolute atomic E-state index is 0.0343. The molecule has 0 aromatic heterocycles. The van der Waals surface area contributed by atoms with Gasteiger partial charge in [-0.15, -0.1) is 0 Å². The first-order chi connectivity index (χ1) is 30.5. The number of carbonyl (C=O) groups excluding carboxylic acids is 2. The van der Waals surface area contributed by atoms with Crippen LogP contribution in [0.5, 0.6) is 0 Å². The fraction of sp³-hybridized carbons (Fsp3) is 0.750. The van der Waals surface area contributed by atoms with Gasteiger partial charge in [-0.3, -0.25) is 9.59 Å². The molecule has 0 fully saturated rings. The predicted molar refractivity (Wildman–Crippen MR) is 268 cm³/mol. The molecule has 3 atom stereocenters. The zero-order valence-corrected chi connectivity index (χ0v) is 40.7. The van der Waals surface area contributed by atoms with Crippen molar-refractivity contribution in [1.82, 2.24) is 5.32 Å². The molecule has 358 valence electrons. The van der Waals surface area contributed by atoms with E-state index in [1.807, 2.05) is 0 Å². The molecule has 0 saturated carbocycles. The van der Waals surface area contributed by atoms with E-state index in [-0.39, 0.29) is 24.9 Å². The molecule has 0 saturated heterocycles. The number of esters is 1. The second-order valence-corrected chi connectivity index (χ2v) is 17.6. The Balaban J connectivity index is 4.69. The molecule has 0 rings (SSSR count). The molecule has 3 unspecified atom stereocenters. The number of aliphatic hydroxyl groups excluding tert-OH is 2. The summed E-state index contributed by atoms with van der Waals surface area (Å²) < 4.78 is 5.91. The molecule has 6 nitrogen and oxygen atoms in total. The molecular formula is C56H99NO5. The van der Waals surface area contributed by atoms with E-state index in [0.29, 0.717) is 19.3 Å². The Hall–Kier alpha value is -2.70. The van der Waals surface area contributed by atoms with E-state index in [4.69, 9.17) is 4.74 Å². The number of aliphatic hydroxyl groups is 2. The summed E-state index contributed by atoms with van der Waals surface area (Å²) >= 11 is 0. The van der Waals surface area contributed by atoms with Crippen molar-refractivity contribution in [2.24, 2.45) is 0 Å². The largest absolute Gasteiger partial charge is 0.462 e. The molecule has 0 heterocycles. The highest BCUT2D eigenvalue weighted by Crippen LogP contribution is 2.16. The third-order valence-corrected chi connectivity index (χ3v) is 11.5. The van der Waals surface area contributed by atoms with Crippen LogP contribution in [0.3, 0.4) is 0 Å². The van der Waals surface area contributed by atoms with Gasteiger partial charge in [0, 0.05) is 6.42 Å². The van der Waals surface area contributed by atoms with Crippen LogP contribution in [0.2, 0.25) is 0 Å². The quantitative estimate of drug-likeness (QED) is 0.0322. The average Bonchev–Trinajstić information content (AvgIpc) is 3.26. The van der Waals surface area contributed by atoms with Gasteiger partial charge in [0.1, 0.15) is 6.10 Å².